The highest BCUT2D eigenvalue weighted by Gasteiger charge is 2.20. The maximum absolute atomic E-state index is 14.1. The summed E-state index contributed by atoms with van der Waals surface area (Å²) in [5.74, 6) is 1.01. The van der Waals surface area contributed by atoms with Crippen molar-refractivity contribution < 1.29 is 13.9 Å². The van der Waals surface area contributed by atoms with Crippen LogP contribution >= 0.6 is 0 Å². The van der Waals surface area contributed by atoms with Crippen molar-refractivity contribution in [3.8, 4) is 5.75 Å². The van der Waals surface area contributed by atoms with E-state index >= 15 is 0 Å². The molecule has 136 valence electrons. The number of nitrogens with one attached hydrogen (secondary N) is 1. The number of hydrogen-bond acceptors (Lipinski definition) is 6. The van der Waals surface area contributed by atoms with Crippen molar-refractivity contribution in [2.75, 3.05) is 19.0 Å². The Morgan fingerprint density at radius 3 is 3.08 bits per heavy atom. The molecule has 1 atom stereocenters. The molecule has 7 nitrogen and oxygen atoms in total. The number of anilines is 2. The van der Waals surface area contributed by atoms with Crippen molar-refractivity contribution in [2.24, 2.45) is 0 Å². The van der Waals surface area contributed by atoms with Gasteiger partial charge in [0.1, 0.15) is 12.0 Å². The van der Waals surface area contributed by atoms with Crippen LogP contribution in [0, 0.1) is 6.08 Å². The van der Waals surface area contributed by atoms with Gasteiger partial charge in [0.25, 0.3) is 0 Å². The lowest BCUT2D eigenvalue weighted by Gasteiger charge is -2.17. The molecule has 0 saturated carbocycles. The second-order valence-electron chi connectivity index (χ2n) is 6.20. The molecule has 3 aromatic rings. The molecule has 1 aliphatic heterocycles. The van der Waals surface area contributed by atoms with Gasteiger partial charge in [-0.2, -0.15) is 14.4 Å². The summed E-state index contributed by atoms with van der Waals surface area (Å²) < 4.78 is 27.0. The highest BCUT2D eigenvalue weighted by molar-refractivity contribution is 5.85. The summed E-state index contributed by atoms with van der Waals surface area (Å²) in [6.07, 6.45) is 4.75. The normalized spacial score (nSPS) is 17.8. The predicted molar refractivity (Wildman–Crippen MR) is 95.0 cm³/mol. The Kier molecular flexibility index (Phi) is 4.66. The zero-order valence-electron chi connectivity index (χ0n) is 14.5. The van der Waals surface area contributed by atoms with E-state index in [1.54, 1.807) is 24.1 Å². The lowest BCUT2D eigenvalue weighted by atomic mass is 10.2. The number of halogens is 1. The monoisotopic (exact) mass is 357 g/mol. The number of aromatic nitrogens is 4. The lowest BCUT2D eigenvalue weighted by molar-refractivity contribution is 0.00928. The maximum Gasteiger partial charge on any atom is 0.312 e. The minimum atomic E-state index is -0.807. The van der Waals surface area contributed by atoms with Crippen LogP contribution in [-0.2, 0) is 4.74 Å². The molecular weight excluding hydrogens is 337 g/mol. The zero-order chi connectivity index (χ0) is 17.9. The Morgan fingerprint density at radius 1 is 1.27 bits per heavy atom. The summed E-state index contributed by atoms with van der Waals surface area (Å²) in [6.45, 7) is 0.687. The molecular formula is C18H20FN5O2. The Hall–Kier alpha value is -2.74. The van der Waals surface area contributed by atoms with Gasteiger partial charge in [-0.15, -0.1) is 0 Å². The molecule has 2 aromatic heterocycles. The van der Waals surface area contributed by atoms with Crippen molar-refractivity contribution in [3.63, 3.8) is 0 Å². The largest absolute Gasteiger partial charge is 0.497 e. The van der Waals surface area contributed by atoms with Gasteiger partial charge in [0, 0.05) is 18.4 Å². The summed E-state index contributed by atoms with van der Waals surface area (Å²) in [5.41, 5.74) is 1.65. The van der Waals surface area contributed by atoms with E-state index in [0.717, 1.165) is 31.4 Å². The van der Waals surface area contributed by atoms with Crippen LogP contribution in [0.15, 0.2) is 30.6 Å². The molecule has 0 aliphatic carbocycles. The molecule has 1 unspecified atom stereocenters. The summed E-state index contributed by atoms with van der Waals surface area (Å²) in [5, 5.41) is 3.10. The number of benzene rings is 1. The molecule has 0 amide bonds. The van der Waals surface area contributed by atoms with Gasteiger partial charge in [-0.05, 0) is 31.4 Å². The fourth-order valence-corrected chi connectivity index (χ4v) is 3.15. The van der Waals surface area contributed by atoms with E-state index in [0.29, 0.717) is 29.3 Å². The first-order valence-corrected chi connectivity index (χ1v) is 8.67. The van der Waals surface area contributed by atoms with Crippen molar-refractivity contribution in [2.45, 2.75) is 31.9 Å². The first-order valence-electron chi connectivity index (χ1n) is 8.67. The van der Waals surface area contributed by atoms with Crippen molar-refractivity contribution in [3.05, 3.63) is 36.7 Å². The average Bonchev–Trinajstić information content (AvgIpc) is 2.88. The topological polar surface area (TPSA) is 74.1 Å². The van der Waals surface area contributed by atoms with Crippen molar-refractivity contribution in [1.82, 2.24) is 19.5 Å². The van der Waals surface area contributed by atoms with Gasteiger partial charge < -0.3 is 14.8 Å². The number of hydrogen-bond donors (Lipinski definition) is 1. The fourth-order valence-electron chi connectivity index (χ4n) is 3.15. The number of nitrogens with zero attached hydrogens (tertiary/aromatic N) is 4. The molecule has 0 radical (unpaired) electrons. The van der Waals surface area contributed by atoms with Gasteiger partial charge in [-0.3, -0.25) is 4.57 Å². The Bertz CT molecular complexity index is 906. The summed E-state index contributed by atoms with van der Waals surface area (Å²) in [7, 11) is 1.59. The van der Waals surface area contributed by atoms with Gasteiger partial charge in [0.2, 0.25) is 0 Å². The molecule has 1 aromatic carbocycles. The van der Waals surface area contributed by atoms with Crippen LogP contribution < -0.4 is 10.1 Å². The highest BCUT2D eigenvalue weighted by Crippen LogP contribution is 2.29. The molecule has 1 fully saturated rings. The van der Waals surface area contributed by atoms with Crippen LogP contribution in [-0.4, -0.2) is 33.2 Å². The van der Waals surface area contributed by atoms with Crippen LogP contribution in [0.25, 0.3) is 11.2 Å². The maximum atomic E-state index is 14.1. The SMILES string of the molecule is COc1cccc(Nc2nc(F)nc3c2ncn3C2CCCCCO2)c1. The van der Waals surface area contributed by atoms with Gasteiger partial charge in [0.05, 0.1) is 13.4 Å². The zero-order valence-corrected chi connectivity index (χ0v) is 14.5. The molecule has 1 aliphatic rings. The van der Waals surface area contributed by atoms with E-state index in [4.69, 9.17) is 9.47 Å². The van der Waals surface area contributed by atoms with E-state index < -0.39 is 6.08 Å². The van der Waals surface area contributed by atoms with Gasteiger partial charge in [-0.1, -0.05) is 12.5 Å². The second kappa shape index (κ2) is 7.25. The van der Waals surface area contributed by atoms with Crippen LogP contribution in [0.2, 0.25) is 0 Å². The first-order chi connectivity index (χ1) is 12.7. The number of methoxy groups -OCH3 is 1. The first kappa shape index (κ1) is 16.7. The van der Waals surface area contributed by atoms with E-state index in [1.807, 2.05) is 18.2 Å². The molecule has 3 heterocycles. The van der Waals surface area contributed by atoms with E-state index in [9.17, 15) is 4.39 Å². The van der Waals surface area contributed by atoms with Crippen LogP contribution in [0.4, 0.5) is 15.9 Å². The molecule has 4 rings (SSSR count). The van der Waals surface area contributed by atoms with Crippen LogP contribution in [0.1, 0.15) is 31.9 Å². The number of imidazole rings is 1. The van der Waals surface area contributed by atoms with E-state index in [-0.39, 0.29) is 6.23 Å². The average molecular weight is 357 g/mol. The van der Waals surface area contributed by atoms with E-state index in [2.05, 4.69) is 20.3 Å². The number of rotatable bonds is 4. The third kappa shape index (κ3) is 3.32. The Balaban J connectivity index is 1.71. The standard InChI is InChI=1S/C18H20FN5O2/c1-25-13-7-5-6-12(10-13)21-16-15-17(23-18(19)22-16)24(11-20-15)14-8-3-2-4-9-26-14/h5-7,10-11,14H,2-4,8-9H2,1H3,(H,21,22,23). The quantitative estimate of drug-likeness (QED) is 0.716. The van der Waals surface area contributed by atoms with Crippen LogP contribution in [0.3, 0.4) is 0 Å². The molecule has 26 heavy (non-hydrogen) atoms. The fraction of sp³-hybridized carbons (Fsp3) is 0.389. The van der Waals surface area contributed by atoms with Gasteiger partial charge in [0.15, 0.2) is 17.0 Å². The van der Waals surface area contributed by atoms with Gasteiger partial charge >= 0.3 is 6.08 Å². The van der Waals surface area contributed by atoms with Crippen molar-refractivity contribution in [1.29, 1.82) is 0 Å². The Morgan fingerprint density at radius 2 is 2.19 bits per heavy atom. The van der Waals surface area contributed by atoms with E-state index in [1.165, 1.54) is 0 Å². The van der Waals surface area contributed by atoms with Crippen LogP contribution in [0.5, 0.6) is 5.75 Å². The predicted octanol–water partition coefficient (Wildman–Crippen LogP) is 3.81. The van der Waals surface area contributed by atoms with Gasteiger partial charge in [-0.25, -0.2) is 4.98 Å². The highest BCUT2D eigenvalue weighted by atomic mass is 19.1. The molecule has 0 bridgehead atoms. The molecule has 1 saturated heterocycles. The minimum absolute atomic E-state index is 0.179. The smallest absolute Gasteiger partial charge is 0.312 e. The lowest BCUT2D eigenvalue weighted by Crippen LogP contribution is -2.12. The Labute approximate surface area is 150 Å². The number of ether oxygens (including phenoxy) is 2. The summed E-state index contributed by atoms with van der Waals surface area (Å²) in [4.78, 5) is 12.2. The molecule has 8 heteroatoms. The summed E-state index contributed by atoms with van der Waals surface area (Å²) >= 11 is 0. The molecule has 0 spiro atoms. The third-order valence-corrected chi connectivity index (χ3v) is 4.44. The van der Waals surface area contributed by atoms with Crippen molar-refractivity contribution >= 4 is 22.7 Å². The minimum Gasteiger partial charge on any atom is -0.497 e. The number of fused-ring (bicyclic) bond motifs is 1. The molecule has 1 N–H and O–H groups in total. The second-order valence-corrected chi connectivity index (χ2v) is 6.20. The summed E-state index contributed by atoms with van der Waals surface area (Å²) in [6, 6.07) is 7.32. The third-order valence-electron chi connectivity index (χ3n) is 4.44.